The van der Waals surface area contributed by atoms with Gasteiger partial charge in [-0.3, -0.25) is 9.59 Å². The minimum Gasteiger partial charge on any atom is -0.481 e. The molecule has 13 heavy (non-hydrogen) atoms. The van der Waals surface area contributed by atoms with Crippen molar-refractivity contribution in [3.63, 3.8) is 0 Å². The first-order valence-corrected chi connectivity index (χ1v) is 4.53. The average Bonchev–Trinajstić information content (AvgIpc) is 2.48. The van der Waals surface area contributed by atoms with E-state index in [2.05, 4.69) is 0 Å². The summed E-state index contributed by atoms with van der Waals surface area (Å²) in [6.07, 6.45) is 1.26. The Morgan fingerprint density at radius 3 is 2.92 bits per heavy atom. The maximum atomic E-state index is 11.3. The van der Waals surface area contributed by atoms with Crippen molar-refractivity contribution < 1.29 is 19.4 Å². The maximum absolute atomic E-state index is 11.3. The lowest BCUT2D eigenvalue weighted by Crippen LogP contribution is -2.39. The number of hydrogen-bond acceptors (Lipinski definition) is 3. The van der Waals surface area contributed by atoms with Crippen LogP contribution >= 0.6 is 0 Å². The van der Waals surface area contributed by atoms with Crippen LogP contribution in [0.25, 0.3) is 0 Å². The molecule has 4 nitrogen and oxygen atoms in total. The third-order valence-electron chi connectivity index (χ3n) is 3.08. The van der Waals surface area contributed by atoms with Gasteiger partial charge in [0.05, 0.1) is 19.1 Å². The first-order chi connectivity index (χ1) is 6.20. The Kier molecular flexibility index (Phi) is 2.07. The summed E-state index contributed by atoms with van der Waals surface area (Å²) in [4.78, 5) is 22.1. The van der Waals surface area contributed by atoms with Crippen LogP contribution < -0.4 is 0 Å². The molecule has 4 heteroatoms. The van der Waals surface area contributed by atoms with Crippen molar-refractivity contribution >= 4 is 11.8 Å². The van der Waals surface area contributed by atoms with E-state index in [1.54, 1.807) is 0 Å². The predicted octanol–water partition coefficient (Wildman–Crippen LogP) is 0.313. The minimum atomic E-state index is -0.829. The zero-order valence-electron chi connectivity index (χ0n) is 7.23. The highest BCUT2D eigenvalue weighted by Crippen LogP contribution is 2.38. The first kappa shape index (κ1) is 8.69. The Bertz CT molecular complexity index is 248. The number of carboxylic acid groups (broad SMARTS) is 1. The Hall–Kier alpha value is -0.900. The summed E-state index contributed by atoms with van der Waals surface area (Å²) in [5.41, 5.74) is 0. The van der Waals surface area contributed by atoms with E-state index in [1.807, 2.05) is 0 Å². The summed E-state index contributed by atoms with van der Waals surface area (Å²) in [5.74, 6) is -1.24. The van der Waals surface area contributed by atoms with Crippen LogP contribution in [0, 0.1) is 17.8 Å². The molecule has 1 N–H and O–H groups in total. The third-order valence-corrected chi connectivity index (χ3v) is 3.08. The van der Waals surface area contributed by atoms with Crippen molar-refractivity contribution in [2.75, 3.05) is 13.2 Å². The van der Waals surface area contributed by atoms with Gasteiger partial charge in [0.15, 0.2) is 0 Å². The quantitative estimate of drug-likeness (QED) is 0.637. The predicted molar refractivity (Wildman–Crippen MR) is 43.2 cm³/mol. The lowest BCUT2D eigenvalue weighted by atomic mass is 9.82. The summed E-state index contributed by atoms with van der Waals surface area (Å²) in [6.45, 7) is 0.692. The highest BCUT2D eigenvalue weighted by molar-refractivity contribution is 5.85. The highest BCUT2D eigenvalue weighted by atomic mass is 16.5. The summed E-state index contributed by atoms with van der Waals surface area (Å²) in [5, 5.41) is 8.88. The Balaban J connectivity index is 2.16. The molecule has 1 aliphatic carbocycles. The fourth-order valence-corrected chi connectivity index (χ4v) is 2.33. The van der Waals surface area contributed by atoms with Gasteiger partial charge in [-0.1, -0.05) is 0 Å². The second-order valence-corrected chi connectivity index (χ2v) is 3.76. The van der Waals surface area contributed by atoms with Gasteiger partial charge in [-0.2, -0.15) is 0 Å². The van der Waals surface area contributed by atoms with Crippen LogP contribution in [0.1, 0.15) is 12.8 Å². The molecule has 3 atom stereocenters. The zero-order chi connectivity index (χ0) is 9.42. The molecule has 1 aliphatic heterocycles. The molecule has 1 heterocycles. The van der Waals surface area contributed by atoms with E-state index in [0.29, 0.717) is 13.0 Å². The normalized spacial score (nSPS) is 38.8. The molecule has 0 bridgehead atoms. The van der Waals surface area contributed by atoms with Crippen LogP contribution in [0.15, 0.2) is 0 Å². The van der Waals surface area contributed by atoms with Crippen LogP contribution in [-0.4, -0.2) is 30.1 Å². The number of fused-ring (bicyclic) bond motifs is 1. The second kappa shape index (κ2) is 3.10. The van der Waals surface area contributed by atoms with Crippen molar-refractivity contribution in [2.45, 2.75) is 12.8 Å². The summed E-state index contributed by atoms with van der Waals surface area (Å²) < 4.78 is 5.13. The van der Waals surface area contributed by atoms with Crippen LogP contribution in [0.2, 0.25) is 0 Å². The van der Waals surface area contributed by atoms with Crippen molar-refractivity contribution in [3.05, 3.63) is 0 Å². The van der Waals surface area contributed by atoms with Crippen molar-refractivity contribution in [2.24, 2.45) is 17.8 Å². The molecule has 1 saturated carbocycles. The highest BCUT2D eigenvalue weighted by Gasteiger charge is 2.45. The van der Waals surface area contributed by atoms with E-state index in [0.717, 1.165) is 6.42 Å². The van der Waals surface area contributed by atoms with Gasteiger partial charge >= 0.3 is 5.97 Å². The van der Waals surface area contributed by atoms with Gasteiger partial charge < -0.3 is 9.84 Å². The standard InChI is InChI=1S/C9H12O4/c10-8-2-1-5-6(8)3-13-4-7(5)9(11)12/h5-7H,1-4H2,(H,11,12). The second-order valence-electron chi connectivity index (χ2n) is 3.76. The molecule has 1 saturated heterocycles. The van der Waals surface area contributed by atoms with Gasteiger partial charge in [-0.15, -0.1) is 0 Å². The van der Waals surface area contributed by atoms with Crippen molar-refractivity contribution in [1.29, 1.82) is 0 Å². The molecule has 0 spiro atoms. The molecule has 2 aliphatic rings. The number of Topliss-reactive ketones (excluding diaryl/α,β-unsaturated/α-hetero) is 1. The average molecular weight is 184 g/mol. The molecule has 72 valence electrons. The minimum absolute atomic E-state index is 0.0266. The summed E-state index contributed by atoms with van der Waals surface area (Å²) in [7, 11) is 0. The molecule has 2 rings (SSSR count). The Morgan fingerprint density at radius 1 is 1.46 bits per heavy atom. The number of rotatable bonds is 1. The molecule has 3 unspecified atom stereocenters. The monoisotopic (exact) mass is 184 g/mol. The van der Waals surface area contributed by atoms with E-state index >= 15 is 0 Å². The van der Waals surface area contributed by atoms with Gasteiger partial charge in [0.1, 0.15) is 5.78 Å². The van der Waals surface area contributed by atoms with E-state index in [4.69, 9.17) is 9.84 Å². The Morgan fingerprint density at radius 2 is 2.23 bits per heavy atom. The molecular weight excluding hydrogens is 172 g/mol. The van der Waals surface area contributed by atoms with E-state index in [9.17, 15) is 9.59 Å². The molecule has 0 aromatic heterocycles. The Labute approximate surface area is 75.9 Å². The van der Waals surface area contributed by atoms with Gasteiger partial charge in [0.25, 0.3) is 0 Å². The van der Waals surface area contributed by atoms with Crippen molar-refractivity contribution in [3.8, 4) is 0 Å². The largest absolute Gasteiger partial charge is 0.481 e. The number of carboxylic acids is 1. The molecule has 2 fully saturated rings. The number of carbonyl (C=O) groups excluding carboxylic acids is 1. The zero-order valence-corrected chi connectivity index (χ0v) is 7.23. The van der Waals surface area contributed by atoms with Gasteiger partial charge in [0, 0.05) is 12.3 Å². The van der Waals surface area contributed by atoms with E-state index in [-0.39, 0.29) is 24.2 Å². The van der Waals surface area contributed by atoms with Gasteiger partial charge in [-0.25, -0.2) is 0 Å². The number of hydrogen-bond donors (Lipinski definition) is 1. The lowest BCUT2D eigenvalue weighted by Gasteiger charge is -2.29. The maximum Gasteiger partial charge on any atom is 0.309 e. The third kappa shape index (κ3) is 1.35. The van der Waals surface area contributed by atoms with Gasteiger partial charge in [-0.05, 0) is 12.3 Å². The van der Waals surface area contributed by atoms with E-state index < -0.39 is 11.9 Å². The fourth-order valence-electron chi connectivity index (χ4n) is 2.33. The molecule has 0 amide bonds. The topological polar surface area (TPSA) is 63.6 Å². The van der Waals surface area contributed by atoms with Crippen LogP contribution in [0.4, 0.5) is 0 Å². The molecular formula is C9H12O4. The number of ketones is 1. The van der Waals surface area contributed by atoms with Gasteiger partial charge in [0.2, 0.25) is 0 Å². The number of ether oxygens (including phenoxy) is 1. The van der Waals surface area contributed by atoms with E-state index in [1.165, 1.54) is 0 Å². The first-order valence-electron chi connectivity index (χ1n) is 4.53. The number of carbonyl (C=O) groups is 2. The van der Waals surface area contributed by atoms with Crippen molar-refractivity contribution in [1.82, 2.24) is 0 Å². The fraction of sp³-hybridized carbons (Fsp3) is 0.778. The number of aliphatic carboxylic acids is 1. The van der Waals surface area contributed by atoms with Crippen LogP contribution in [-0.2, 0) is 14.3 Å². The molecule has 0 aromatic carbocycles. The molecule has 0 aromatic rings. The SMILES string of the molecule is O=C(O)C1COCC2C(=O)CCC12. The summed E-state index contributed by atoms with van der Waals surface area (Å²) >= 11 is 0. The lowest BCUT2D eigenvalue weighted by molar-refractivity contribution is -0.152. The van der Waals surface area contributed by atoms with Crippen LogP contribution in [0.5, 0.6) is 0 Å². The molecule has 0 radical (unpaired) electrons. The smallest absolute Gasteiger partial charge is 0.309 e. The summed E-state index contributed by atoms with van der Waals surface area (Å²) in [6, 6.07) is 0. The van der Waals surface area contributed by atoms with Crippen LogP contribution in [0.3, 0.4) is 0 Å².